The molecular weight excluding hydrogens is 345 g/mol. The molecule has 4 N–H and O–H groups in total. The minimum absolute atomic E-state index is 0. The summed E-state index contributed by atoms with van der Waals surface area (Å²) in [4.78, 5) is 7.54. The highest BCUT2D eigenvalue weighted by Gasteiger charge is 2.04. The van der Waals surface area contributed by atoms with E-state index in [1.54, 1.807) is 6.07 Å². The summed E-state index contributed by atoms with van der Waals surface area (Å²) in [5, 5.41) is 0. The molecule has 96 valence electrons. The largest absolute Gasteiger partial charge is 0.472 e. The average Bonchev–Trinajstić information content (AvgIpc) is 2.24. The molecule has 0 aliphatic carbocycles. The predicted molar refractivity (Wildman–Crippen MR) is 70.7 cm³/mol. The van der Waals surface area contributed by atoms with Crippen molar-refractivity contribution in [3.05, 3.63) is 23.9 Å². The quantitative estimate of drug-likeness (QED) is 0.469. The van der Waals surface area contributed by atoms with Gasteiger partial charge < -0.3 is 16.2 Å². The van der Waals surface area contributed by atoms with E-state index in [0.29, 0.717) is 0 Å². The number of rotatable bonds is 5. The van der Waals surface area contributed by atoms with Crippen LogP contribution in [-0.2, 0) is 6.54 Å². The van der Waals surface area contributed by atoms with E-state index in [-0.39, 0.29) is 42.4 Å². The Labute approximate surface area is 114 Å². The highest BCUT2D eigenvalue weighted by molar-refractivity contribution is 14.0. The normalized spacial score (nSPS) is 9.59. The molecular formula is C9H13F2IN4O. The molecule has 0 fully saturated rings. The van der Waals surface area contributed by atoms with Crippen LogP contribution in [0, 0.1) is 0 Å². The van der Waals surface area contributed by atoms with Gasteiger partial charge in [-0.25, -0.2) is 18.8 Å². The van der Waals surface area contributed by atoms with Gasteiger partial charge in [-0.3, -0.25) is 0 Å². The van der Waals surface area contributed by atoms with Crippen molar-refractivity contribution in [3.63, 3.8) is 0 Å². The Morgan fingerprint density at radius 2 is 2.18 bits per heavy atom. The van der Waals surface area contributed by atoms with E-state index in [2.05, 4.69) is 9.98 Å². The molecule has 0 saturated heterocycles. The SMILES string of the molecule is I.NC(N)=NCc1ccnc(OCC(F)F)c1. The first kappa shape index (κ1) is 15.8. The molecule has 0 amide bonds. The molecule has 0 aromatic carbocycles. The lowest BCUT2D eigenvalue weighted by Gasteiger charge is -2.05. The maximum atomic E-state index is 11.9. The number of alkyl halides is 2. The van der Waals surface area contributed by atoms with Crippen molar-refractivity contribution in [2.24, 2.45) is 16.5 Å². The van der Waals surface area contributed by atoms with E-state index >= 15 is 0 Å². The van der Waals surface area contributed by atoms with Crippen LogP contribution in [0.3, 0.4) is 0 Å². The van der Waals surface area contributed by atoms with Crippen LogP contribution >= 0.6 is 24.0 Å². The first-order valence-electron chi connectivity index (χ1n) is 4.49. The maximum absolute atomic E-state index is 11.9. The van der Waals surface area contributed by atoms with E-state index in [1.807, 2.05) is 0 Å². The Bertz CT molecular complexity index is 372. The highest BCUT2D eigenvalue weighted by Crippen LogP contribution is 2.11. The summed E-state index contributed by atoms with van der Waals surface area (Å²) in [5.41, 5.74) is 11.0. The van der Waals surface area contributed by atoms with Gasteiger partial charge in [-0.1, -0.05) is 0 Å². The second-order valence-electron chi connectivity index (χ2n) is 2.95. The molecule has 0 spiro atoms. The van der Waals surface area contributed by atoms with Gasteiger partial charge in [0.1, 0.15) is 0 Å². The molecule has 8 heteroatoms. The number of aromatic nitrogens is 1. The maximum Gasteiger partial charge on any atom is 0.272 e. The van der Waals surface area contributed by atoms with Gasteiger partial charge in [0.05, 0.1) is 6.54 Å². The van der Waals surface area contributed by atoms with Crippen LogP contribution in [0.4, 0.5) is 8.78 Å². The van der Waals surface area contributed by atoms with Crippen LogP contribution in [0.2, 0.25) is 0 Å². The molecule has 0 radical (unpaired) electrons. The van der Waals surface area contributed by atoms with Gasteiger partial charge in [-0.2, -0.15) is 0 Å². The van der Waals surface area contributed by atoms with Crippen LogP contribution in [-0.4, -0.2) is 24.0 Å². The van der Waals surface area contributed by atoms with Crippen LogP contribution in [0.5, 0.6) is 5.88 Å². The molecule has 1 heterocycles. The number of hydrogen-bond acceptors (Lipinski definition) is 3. The molecule has 0 atom stereocenters. The van der Waals surface area contributed by atoms with Crippen LogP contribution in [0.1, 0.15) is 5.56 Å². The Hall–Kier alpha value is -1.19. The fourth-order valence-corrected chi connectivity index (χ4v) is 0.959. The van der Waals surface area contributed by atoms with Crippen molar-refractivity contribution in [1.82, 2.24) is 4.98 Å². The van der Waals surface area contributed by atoms with Crippen LogP contribution in [0.15, 0.2) is 23.3 Å². The van der Waals surface area contributed by atoms with Crippen molar-refractivity contribution < 1.29 is 13.5 Å². The second kappa shape index (κ2) is 7.98. The van der Waals surface area contributed by atoms with Crippen LogP contribution < -0.4 is 16.2 Å². The van der Waals surface area contributed by atoms with E-state index in [4.69, 9.17) is 16.2 Å². The lowest BCUT2D eigenvalue weighted by atomic mass is 10.3. The van der Waals surface area contributed by atoms with Gasteiger partial charge in [0.25, 0.3) is 6.43 Å². The summed E-state index contributed by atoms with van der Waals surface area (Å²) >= 11 is 0. The number of nitrogens with zero attached hydrogens (tertiary/aromatic N) is 2. The highest BCUT2D eigenvalue weighted by atomic mass is 127. The number of ether oxygens (including phenoxy) is 1. The molecule has 1 aromatic rings. The third-order valence-electron chi connectivity index (χ3n) is 1.60. The molecule has 0 bridgehead atoms. The summed E-state index contributed by atoms with van der Waals surface area (Å²) in [7, 11) is 0. The van der Waals surface area contributed by atoms with Crippen molar-refractivity contribution in [3.8, 4) is 5.88 Å². The fourth-order valence-electron chi connectivity index (χ4n) is 0.959. The van der Waals surface area contributed by atoms with Crippen molar-refractivity contribution in [2.45, 2.75) is 13.0 Å². The fraction of sp³-hybridized carbons (Fsp3) is 0.333. The minimum atomic E-state index is -2.52. The van der Waals surface area contributed by atoms with Crippen molar-refractivity contribution >= 4 is 29.9 Å². The second-order valence-corrected chi connectivity index (χ2v) is 2.95. The lowest BCUT2D eigenvalue weighted by Crippen LogP contribution is -2.22. The van der Waals surface area contributed by atoms with Crippen molar-refractivity contribution in [1.29, 1.82) is 0 Å². The van der Waals surface area contributed by atoms with Gasteiger partial charge in [0.15, 0.2) is 12.6 Å². The molecule has 5 nitrogen and oxygen atoms in total. The Morgan fingerprint density at radius 3 is 2.76 bits per heavy atom. The zero-order chi connectivity index (χ0) is 12.0. The number of aliphatic imine (C=N–C) groups is 1. The summed E-state index contributed by atoms with van der Waals surface area (Å²) in [6.45, 7) is -0.422. The molecule has 17 heavy (non-hydrogen) atoms. The molecule has 1 aromatic heterocycles. The van der Waals surface area contributed by atoms with Gasteiger partial charge in [0.2, 0.25) is 5.88 Å². The molecule has 1 rings (SSSR count). The standard InChI is InChI=1S/C9H12F2N4O.HI/c10-7(11)5-16-8-3-6(1-2-14-8)4-15-9(12)13;/h1-3,7H,4-5H2,(H4,12,13,15);1H. The van der Waals surface area contributed by atoms with Crippen molar-refractivity contribution in [2.75, 3.05) is 6.61 Å². The zero-order valence-electron chi connectivity index (χ0n) is 8.85. The zero-order valence-corrected chi connectivity index (χ0v) is 11.2. The Balaban J connectivity index is 0.00000256. The monoisotopic (exact) mass is 358 g/mol. The summed E-state index contributed by atoms with van der Waals surface area (Å²) < 4.78 is 28.5. The predicted octanol–water partition coefficient (Wildman–Crippen LogP) is 1.12. The number of hydrogen-bond donors (Lipinski definition) is 2. The number of halogens is 3. The topological polar surface area (TPSA) is 86.5 Å². The first-order valence-corrected chi connectivity index (χ1v) is 4.49. The number of pyridine rings is 1. The summed E-state index contributed by atoms with van der Waals surface area (Å²) in [5.74, 6) is 0.0930. The van der Waals surface area contributed by atoms with Gasteiger partial charge >= 0.3 is 0 Å². The summed E-state index contributed by atoms with van der Waals surface area (Å²) in [6, 6.07) is 3.18. The Kier molecular flexibility index (Phi) is 7.42. The van der Waals surface area contributed by atoms with E-state index in [1.165, 1.54) is 12.3 Å². The van der Waals surface area contributed by atoms with E-state index in [0.717, 1.165) is 5.56 Å². The third-order valence-corrected chi connectivity index (χ3v) is 1.60. The summed E-state index contributed by atoms with van der Waals surface area (Å²) in [6.07, 6.45) is -1.08. The molecule has 0 aliphatic rings. The van der Waals surface area contributed by atoms with Gasteiger partial charge in [0, 0.05) is 12.3 Å². The van der Waals surface area contributed by atoms with E-state index < -0.39 is 13.0 Å². The average molecular weight is 358 g/mol. The smallest absolute Gasteiger partial charge is 0.272 e. The molecule has 0 aliphatic heterocycles. The van der Waals surface area contributed by atoms with Gasteiger partial charge in [-0.15, -0.1) is 24.0 Å². The number of guanidine groups is 1. The van der Waals surface area contributed by atoms with E-state index in [9.17, 15) is 8.78 Å². The minimum Gasteiger partial charge on any atom is -0.472 e. The lowest BCUT2D eigenvalue weighted by molar-refractivity contribution is 0.0795. The molecule has 0 unspecified atom stereocenters. The number of nitrogens with two attached hydrogens (primary N) is 2. The molecule has 0 saturated carbocycles. The Morgan fingerprint density at radius 1 is 1.47 bits per heavy atom. The van der Waals surface area contributed by atoms with Gasteiger partial charge in [-0.05, 0) is 11.6 Å². The third kappa shape index (κ3) is 6.87. The van der Waals surface area contributed by atoms with Crippen LogP contribution in [0.25, 0.3) is 0 Å². The first-order chi connectivity index (χ1) is 7.58.